The largest absolute Gasteiger partial charge is 0.399 e. The second-order valence-electron chi connectivity index (χ2n) is 3.76. The average Bonchev–Trinajstić information content (AvgIpc) is 2.52. The number of cyclic esters (lactones) is 2. The number of benzene rings is 1. The summed E-state index contributed by atoms with van der Waals surface area (Å²) in [6, 6.07) is 6.54. The zero-order valence-electron chi connectivity index (χ0n) is 9.76. The minimum absolute atomic E-state index is 0.241. The summed E-state index contributed by atoms with van der Waals surface area (Å²) in [6.45, 7) is -0.241. The normalized spacial score (nSPS) is 17.4. The fourth-order valence-electron chi connectivity index (χ4n) is 1.49. The molecule has 0 bridgehead atoms. The van der Waals surface area contributed by atoms with Gasteiger partial charge in [0.05, 0.1) is 6.54 Å². The molecule has 0 aromatic heterocycles. The summed E-state index contributed by atoms with van der Waals surface area (Å²) in [4.78, 5) is 22.8. The zero-order valence-corrected chi connectivity index (χ0v) is 10.5. The molecule has 7 heteroatoms. The molecular weight excluding hydrogens is 272 g/mol. The fraction of sp³-hybridized carbons (Fsp3) is 0.167. The van der Waals surface area contributed by atoms with Crippen LogP contribution < -0.4 is 11.1 Å². The Kier molecular flexibility index (Phi) is 3.73. The second-order valence-corrected chi connectivity index (χ2v) is 4.20. The van der Waals surface area contributed by atoms with Crippen molar-refractivity contribution in [2.75, 3.05) is 11.9 Å². The van der Waals surface area contributed by atoms with Gasteiger partial charge in [0.15, 0.2) is 0 Å². The summed E-state index contributed by atoms with van der Waals surface area (Å²) in [7, 11) is 0. The average molecular weight is 283 g/mol. The third kappa shape index (κ3) is 3.24. The molecule has 1 aliphatic heterocycles. The first kappa shape index (κ1) is 13.4. The predicted octanol–water partition coefficient (Wildman–Crippen LogP) is 1.02. The second kappa shape index (κ2) is 5.29. The molecule has 0 aliphatic carbocycles. The monoisotopic (exact) mass is 282 g/mol. The lowest BCUT2D eigenvalue weighted by Crippen LogP contribution is -2.51. The van der Waals surface area contributed by atoms with Gasteiger partial charge in [0.1, 0.15) is 0 Å². The maximum atomic E-state index is 11.4. The van der Waals surface area contributed by atoms with Crippen LogP contribution in [0.1, 0.15) is 0 Å². The first-order chi connectivity index (χ1) is 9.03. The van der Waals surface area contributed by atoms with E-state index < -0.39 is 17.8 Å². The summed E-state index contributed by atoms with van der Waals surface area (Å²) >= 11 is 5.76. The summed E-state index contributed by atoms with van der Waals surface area (Å²) < 4.78 is 10.0. The molecule has 0 fully saturated rings. The van der Waals surface area contributed by atoms with Gasteiger partial charge in [-0.05, 0) is 24.3 Å². The number of halogens is 1. The van der Waals surface area contributed by atoms with Gasteiger partial charge >= 0.3 is 17.8 Å². The van der Waals surface area contributed by atoms with Gasteiger partial charge in [0.25, 0.3) is 0 Å². The minimum atomic E-state index is -1.73. The van der Waals surface area contributed by atoms with E-state index in [1.165, 1.54) is 0 Å². The van der Waals surface area contributed by atoms with E-state index in [9.17, 15) is 9.59 Å². The number of hydrogen-bond donors (Lipinski definition) is 2. The van der Waals surface area contributed by atoms with Crippen LogP contribution in [0, 0.1) is 0 Å². The quantitative estimate of drug-likeness (QED) is 0.805. The Morgan fingerprint density at radius 2 is 1.63 bits per heavy atom. The molecule has 0 amide bonds. The number of nitrogens with one attached hydrogen (secondary N) is 1. The fourth-order valence-corrected chi connectivity index (χ4v) is 1.61. The maximum Gasteiger partial charge on any atom is 0.353 e. The molecule has 3 N–H and O–H groups in total. The number of esters is 2. The van der Waals surface area contributed by atoms with Crippen LogP contribution in [0.4, 0.5) is 5.69 Å². The number of ether oxygens (including phenoxy) is 2. The van der Waals surface area contributed by atoms with Crippen molar-refractivity contribution in [2.24, 2.45) is 5.73 Å². The highest BCUT2D eigenvalue weighted by Gasteiger charge is 2.38. The molecule has 0 atom stereocenters. The molecule has 1 aromatic rings. The van der Waals surface area contributed by atoms with Crippen LogP contribution in [0.3, 0.4) is 0 Å². The molecule has 0 saturated carbocycles. The van der Waals surface area contributed by atoms with E-state index in [-0.39, 0.29) is 6.54 Å². The van der Waals surface area contributed by atoms with Crippen molar-refractivity contribution in [3.8, 4) is 0 Å². The van der Waals surface area contributed by atoms with Crippen molar-refractivity contribution in [2.45, 2.75) is 5.91 Å². The van der Waals surface area contributed by atoms with Crippen molar-refractivity contribution >= 4 is 29.2 Å². The van der Waals surface area contributed by atoms with E-state index in [0.29, 0.717) is 10.7 Å². The third-order valence-electron chi connectivity index (χ3n) is 2.33. The summed E-state index contributed by atoms with van der Waals surface area (Å²) in [5.74, 6) is -3.18. The van der Waals surface area contributed by atoms with Crippen LogP contribution >= 0.6 is 11.6 Å². The number of hydrogen-bond acceptors (Lipinski definition) is 6. The molecule has 1 heterocycles. The highest BCUT2D eigenvalue weighted by Crippen LogP contribution is 2.22. The highest BCUT2D eigenvalue weighted by molar-refractivity contribution is 6.30. The first-order valence-electron chi connectivity index (χ1n) is 5.41. The van der Waals surface area contributed by atoms with E-state index in [1.807, 2.05) is 0 Å². The first-order valence-corrected chi connectivity index (χ1v) is 5.79. The number of carbonyl (C=O) groups excluding carboxylic acids is 2. The molecule has 19 heavy (non-hydrogen) atoms. The van der Waals surface area contributed by atoms with Crippen LogP contribution in [0.2, 0.25) is 5.02 Å². The Morgan fingerprint density at radius 3 is 2.11 bits per heavy atom. The van der Waals surface area contributed by atoms with Crippen molar-refractivity contribution in [1.29, 1.82) is 0 Å². The highest BCUT2D eigenvalue weighted by atomic mass is 35.5. The molecule has 2 rings (SSSR count). The standard InChI is InChI=1S/C12H11ClN2O4/c13-8-1-3-9(4-2-8)15-12(7-14)18-10(16)5-6-11(17)19-12/h1-6,15H,7,14H2. The van der Waals surface area contributed by atoms with Crippen molar-refractivity contribution in [1.82, 2.24) is 0 Å². The summed E-state index contributed by atoms with van der Waals surface area (Å²) in [5.41, 5.74) is 6.08. The lowest BCUT2D eigenvalue weighted by atomic mass is 10.3. The smallest absolute Gasteiger partial charge is 0.353 e. The number of anilines is 1. The van der Waals surface area contributed by atoms with E-state index in [0.717, 1.165) is 12.2 Å². The van der Waals surface area contributed by atoms with Gasteiger partial charge in [-0.3, -0.25) is 0 Å². The van der Waals surface area contributed by atoms with Gasteiger partial charge in [-0.25, -0.2) is 9.59 Å². The number of nitrogens with two attached hydrogens (primary N) is 1. The van der Waals surface area contributed by atoms with Gasteiger partial charge in [0, 0.05) is 22.9 Å². The molecule has 0 spiro atoms. The van der Waals surface area contributed by atoms with Gasteiger partial charge in [-0.1, -0.05) is 11.6 Å². The third-order valence-corrected chi connectivity index (χ3v) is 2.59. The molecule has 6 nitrogen and oxygen atoms in total. The van der Waals surface area contributed by atoms with Crippen molar-refractivity contribution < 1.29 is 19.1 Å². The molecule has 0 saturated heterocycles. The van der Waals surface area contributed by atoms with Gasteiger partial charge in [0.2, 0.25) is 0 Å². The molecular formula is C12H11ClN2O4. The Balaban J connectivity index is 2.24. The maximum absolute atomic E-state index is 11.4. The lowest BCUT2D eigenvalue weighted by Gasteiger charge is -2.30. The van der Waals surface area contributed by atoms with Crippen molar-refractivity contribution in [3.05, 3.63) is 41.4 Å². The van der Waals surface area contributed by atoms with E-state index in [2.05, 4.69) is 5.32 Å². The van der Waals surface area contributed by atoms with E-state index >= 15 is 0 Å². The topological polar surface area (TPSA) is 90.6 Å². The predicted molar refractivity (Wildman–Crippen MR) is 68.2 cm³/mol. The van der Waals surface area contributed by atoms with Crippen LogP contribution in [-0.4, -0.2) is 24.4 Å². The van der Waals surface area contributed by atoms with Gasteiger partial charge in [-0.15, -0.1) is 0 Å². The van der Waals surface area contributed by atoms with E-state index in [4.69, 9.17) is 26.8 Å². The molecule has 1 aliphatic rings. The van der Waals surface area contributed by atoms with Crippen LogP contribution in [0.25, 0.3) is 0 Å². The minimum Gasteiger partial charge on any atom is -0.399 e. The number of carbonyl (C=O) groups is 2. The Morgan fingerprint density at radius 1 is 1.11 bits per heavy atom. The van der Waals surface area contributed by atoms with E-state index in [1.54, 1.807) is 24.3 Å². The van der Waals surface area contributed by atoms with Gasteiger partial charge < -0.3 is 20.5 Å². The Bertz CT molecular complexity index is 507. The molecule has 1 aromatic carbocycles. The summed E-state index contributed by atoms with van der Waals surface area (Å²) in [6.07, 6.45) is 1.95. The molecule has 0 unspecified atom stereocenters. The number of rotatable bonds is 3. The lowest BCUT2D eigenvalue weighted by molar-refractivity contribution is -0.206. The van der Waals surface area contributed by atoms with Crippen LogP contribution in [0.5, 0.6) is 0 Å². The molecule has 100 valence electrons. The zero-order chi connectivity index (χ0) is 13.9. The SMILES string of the molecule is NCC1(Nc2ccc(Cl)cc2)OC(=O)C=CC(=O)O1. The van der Waals surface area contributed by atoms with Crippen LogP contribution in [-0.2, 0) is 19.1 Å². The summed E-state index contributed by atoms with van der Waals surface area (Å²) in [5, 5.41) is 3.31. The van der Waals surface area contributed by atoms with Crippen LogP contribution in [0.15, 0.2) is 36.4 Å². The van der Waals surface area contributed by atoms with Gasteiger partial charge in [-0.2, -0.15) is 0 Å². The Hall–Kier alpha value is -2.05. The Labute approximate surface area is 114 Å². The van der Waals surface area contributed by atoms with Crippen molar-refractivity contribution in [3.63, 3.8) is 0 Å². The molecule has 0 radical (unpaired) electrons.